The molecule has 2 N–H and O–H groups in total. The number of sulfone groups is 1. The Morgan fingerprint density at radius 2 is 1.84 bits per heavy atom. The van der Waals surface area contributed by atoms with E-state index in [-0.39, 0.29) is 29.8 Å². The summed E-state index contributed by atoms with van der Waals surface area (Å²) >= 11 is 0. The number of anilines is 1. The third-order valence-corrected chi connectivity index (χ3v) is 11.3. The standard InChI is InChI=1S/C35H46N2O7S/c1-25-6-13-30(14-7-25)45(39,40)35(21-26(2)38)22-31(28-9-11-29(42-4)12-10-28)34(23-36-35)44-24-27-8-15-33-32(20-27)37(17-19-43-33)16-5-18-41-3/h6-15,20,26,31,34,36,38H,5,16-19,21-24H2,1-4H3/t26-,31-,34+,35+/m1/s1. The highest BCUT2D eigenvalue weighted by molar-refractivity contribution is 7.92. The number of rotatable bonds is 13. The van der Waals surface area contributed by atoms with E-state index in [9.17, 15) is 13.5 Å². The third kappa shape index (κ3) is 7.47. The van der Waals surface area contributed by atoms with Gasteiger partial charge in [0, 0.05) is 39.1 Å². The number of fused-ring (bicyclic) bond motifs is 1. The van der Waals surface area contributed by atoms with Gasteiger partial charge in [0.2, 0.25) is 0 Å². The summed E-state index contributed by atoms with van der Waals surface area (Å²) in [5, 5.41) is 14.0. The van der Waals surface area contributed by atoms with Gasteiger partial charge >= 0.3 is 0 Å². The van der Waals surface area contributed by atoms with Crippen LogP contribution in [0.3, 0.4) is 0 Å². The van der Waals surface area contributed by atoms with E-state index in [1.165, 1.54) is 0 Å². The molecule has 5 rings (SSSR count). The van der Waals surface area contributed by atoms with Crippen molar-refractivity contribution in [2.24, 2.45) is 0 Å². The Morgan fingerprint density at radius 3 is 2.53 bits per heavy atom. The van der Waals surface area contributed by atoms with Crippen LogP contribution in [0.25, 0.3) is 0 Å². The van der Waals surface area contributed by atoms with E-state index < -0.39 is 20.8 Å². The fraction of sp³-hybridized carbons (Fsp3) is 0.486. The number of hydrogen-bond donors (Lipinski definition) is 2. The van der Waals surface area contributed by atoms with Gasteiger partial charge in [-0.1, -0.05) is 35.9 Å². The summed E-state index contributed by atoms with van der Waals surface area (Å²) in [6, 6.07) is 20.8. The largest absolute Gasteiger partial charge is 0.497 e. The zero-order chi connectivity index (χ0) is 32.0. The summed E-state index contributed by atoms with van der Waals surface area (Å²) < 4.78 is 51.8. The molecule has 0 saturated carbocycles. The lowest BCUT2D eigenvalue weighted by Crippen LogP contribution is -2.61. The number of nitrogens with one attached hydrogen (secondary N) is 1. The van der Waals surface area contributed by atoms with E-state index in [4.69, 9.17) is 18.9 Å². The van der Waals surface area contributed by atoms with Crippen LogP contribution in [0.5, 0.6) is 11.5 Å². The minimum atomic E-state index is -3.89. The van der Waals surface area contributed by atoms with Crippen LogP contribution in [-0.4, -0.2) is 77.7 Å². The molecule has 0 spiro atoms. The van der Waals surface area contributed by atoms with Crippen molar-refractivity contribution in [1.29, 1.82) is 0 Å². The Morgan fingerprint density at radius 1 is 1.09 bits per heavy atom. The van der Waals surface area contributed by atoms with Gasteiger partial charge in [-0.05, 0) is 74.2 Å². The number of ether oxygens (including phenoxy) is 4. The first kappa shape index (κ1) is 33.2. The summed E-state index contributed by atoms with van der Waals surface area (Å²) in [4.78, 5) is 1.18. The fourth-order valence-corrected chi connectivity index (χ4v) is 8.56. The molecule has 0 amide bonds. The van der Waals surface area contributed by atoms with Gasteiger partial charge in [0.1, 0.15) is 23.0 Å². The van der Waals surface area contributed by atoms with Crippen molar-refractivity contribution in [3.63, 3.8) is 0 Å². The van der Waals surface area contributed by atoms with Crippen molar-refractivity contribution in [2.45, 2.75) is 67.6 Å². The molecule has 0 aromatic heterocycles. The highest BCUT2D eigenvalue weighted by atomic mass is 32.2. The Labute approximate surface area is 267 Å². The van der Waals surface area contributed by atoms with Gasteiger partial charge in [0.15, 0.2) is 9.84 Å². The lowest BCUT2D eigenvalue weighted by atomic mass is 9.82. The molecule has 0 bridgehead atoms. The number of benzene rings is 3. The van der Waals surface area contributed by atoms with Crippen molar-refractivity contribution in [3.05, 3.63) is 83.4 Å². The summed E-state index contributed by atoms with van der Waals surface area (Å²) in [6.45, 7) is 7.25. The maximum absolute atomic E-state index is 14.3. The fourth-order valence-electron chi connectivity index (χ4n) is 6.48. The van der Waals surface area contributed by atoms with Crippen molar-refractivity contribution >= 4 is 15.5 Å². The molecule has 3 aromatic rings. The number of hydrogen-bond acceptors (Lipinski definition) is 9. The Hall–Kier alpha value is -3.15. The van der Waals surface area contributed by atoms with E-state index >= 15 is 0 Å². The van der Waals surface area contributed by atoms with Gasteiger partial charge in [0.25, 0.3) is 0 Å². The van der Waals surface area contributed by atoms with E-state index in [0.717, 1.165) is 53.4 Å². The second kappa shape index (κ2) is 14.5. The number of aryl methyl sites for hydroxylation is 1. The topological polar surface area (TPSA) is 107 Å². The molecule has 244 valence electrons. The first-order valence-corrected chi connectivity index (χ1v) is 17.1. The molecule has 45 heavy (non-hydrogen) atoms. The lowest BCUT2D eigenvalue weighted by molar-refractivity contribution is -0.00645. The Kier molecular flexibility index (Phi) is 10.7. The monoisotopic (exact) mass is 638 g/mol. The van der Waals surface area contributed by atoms with Crippen LogP contribution in [-0.2, 0) is 25.9 Å². The van der Waals surface area contributed by atoms with Crippen LogP contribution in [0.2, 0.25) is 0 Å². The summed E-state index contributed by atoms with van der Waals surface area (Å²) in [6.07, 6.45) is 0.0474. The van der Waals surface area contributed by atoms with Gasteiger partial charge in [-0.2, -0.15) is 0 Å². The minimum Gasteiger partial charge on any atom is -0.497 e. The zero-order valence-corrected chi connectivity index (χ0v) is 27.5. The Balaban J connectivity index is 1.43. The molecule has 0 aliphatic carbocycles. The maximum atomic E-state index is 14.3. The Bertz CT molecular complexity index is 1510. The number of aliphatic hydroxyl groups is 1. The summed E-state index contributed by atoms with van der Waals surface area (Å²) in [5.74, 6) is 1.32. The molecule has 0 radical (unpaired) electrons. The van der Waals surface area contributed by atoms with Gasteiger partial charge in [0.05, 0.1) is 43.1 Å². The predicted octanol–water partition coefficient (Wildman–Crippen LogP) is 4.84. The van der Waals surface area contributed by atoms with Crippen LogP contribution in [0, 0.1) is 6.92 Å². The normalized spacial score (nSPS) is 22.4. The average Bonchev–Trinajstić information content (AvgIpc) is 3.04. The van der Waals surface area contributed by atoms with Crippen LogP contribution >= 0.6 is 0 Å². The van der Waals surface area contributed by atoms with Gasteiger partial charge in [-0.25, -0.2) is 8.42 Å². The number of aliphatic hydroxyl groups excluding tert-OH is 1. The van der Waals surface area contributed by atoms with Crippen LogP contribution < -0.4 is 19.7 Å². The van der Waals surface area contributed by atoms with Gasteiger partial charge < -0.3 is 29.0 Å². The molecule has 9 nitrogen and oxygen atoms in total. The van der Waals surface area contributed by atoms with Crippen LogP contribution in [0.1, 0.15) is 48.8 Å². The third-order valence-electron chi connectivity index (χ3n) is 8.86. The molecule has 0 unspecified atom stereocenters. The second-order valence-electron chi connectivity index (χ2n) is 12.2. The van der Waals surface area contributed by atoms with E-state index in [1.54, 1.807) is 45.4 Å². The molecule has 1 fully saturated rings. The summed E-state index contributed by atoms with van der Waals surface area (Å²) in [7, 11) is -0.548. The summed E-state index contributed by atoms with van der Waals surface area (Å²) in [5.41, 5.74) is 4.00. The molecule has 4 atom stereocenters. The smallest absolute Gasteiger partial charge is 0.197 e. The SMILES string of the molecule is COCCCN1CCOc2ccc(CO[C@H]3CN[C@@](C[C@@H](C)O)(S(=O)(=O)c4ccc(C)cc4)C[C@@H]3c3ccc(OC)cc3)cc21. The molecule has 3 aromatic carbocycles. The molecule has 2 heterocycles. The average molecular weight is 639 g/mol. The van der Waals surface area contributed by atoms with Crippen molar-refractivity contribution < 1.29 is 32.5 Å². The number of piperidine rings is 1. The molecule has 10 heteroatoms. The quantitative estimate of drug-likeness (QED) is 0.255. The van der Waals surface area contributed by atoms with Gasteiger partial charge in [-0.15, -0.1) is 0 Å². The highest BCUT2D eigenvalue weighted by Crippen LogP contribution is 2.43. The van der Waals surface area contributed by atoms with Crippen LogP contribution in [0.4, 0.5) is 5.69 Å². The van der Waals surface area contributed by atoms with E-state index in [2.05, 4.69) is 16.3 Å². The molecule has 2 aliphatic heterocycles. The predicted molar refractivity (Wildman–Crippen MR) is 175 cm³/mol. The lowest BCUT2D eigenvalue weighted by Gasteiger charge is -2.45. The second-order valence-corrected chi connectivity index (χ2v) is 14.4. The molecular formula is C35H46N2O7S. The number of methoxy groups -OCH3 is 2. The first-order chi connectivity index (χ1) is 21.7. The zero-order valence-electron chi connectivity index (χ0n) is 26.7. The van der Waals surface area contributed by atoms with Crippen molar-refractivity contribution in [3.8, 4) is 11.5 Å². The first-order valence-electron chi connectivity index (χ1n) is 15.7. The van der Waals surface area contributed by atoms with Crippen molar-refractivity contribution in [1.82, 2.24) is 5.32 Å². The van der Waals surface area contributed by atoms with Gasteiger partial charge in [-0.3, -0.25) is 5.32 Å². The van der Waals surface area contributed by atoms with E-state index in [0.29, 0.717) is 26.4 Å². The molecule has 2 aliphatic rings. The minimum absolute atomic E-state index is 0.0479. The maximum Gasteiger partial charge on any atom is 0.197 e. The molecular weight excluding hydrogens is 592 g/mol. The number of nitrogens with zero attached hydrogens (tertiary/aromatic N) is 1. The van der Waals surface area contributed by atoms with E-state index in [1.807, 2.05) is 43.3 Å². The van der Waals surface area contributed by atoms with Crippen molar-refractivity contribution in [2.75, 3.05) is 52.0 Å². The van der Waals surface area contributed by atoms with Crippen LogP contribution in [0.15, 0.2) is 71.6 Å². The highest BCUT2D eigenvalue weighted by Gasteiger charge is 2.51. The molecule has 1 saturated heterocycles.